The van der Waals surface area contributed by atoms with E-state index in [0.29, 0.717) is 30.0 Å². The number of H-pyrrole nitrogens is 1. The van der Waals surface area contributed by atoms with Crippen LogP contribution in [-0.4, -0.2) is 33.3 Å². The third-order valence-corrected chi connectivity index (χ3v) is 7.28. The molecule has 5 aromatic rings. The summed E-state index contributed by atoms with van der Waals surface area (Å²) in [7, 11) is 0. The molecule has 0 aliphatic carbocycles. The number of nitrogen functional groups attached to an aromatic ring is 1. The largest absolute Gasteiger partial charge is 0.398 e. The fourth-order valence-corrected chi connectivity index (χ4v) is 4.93. The van der Waals surface area contributed by atoms with Crippen molar-refractivity contribution >= 4 is 39.6 Å². The SMILES string of the molecule is Nc1ccc(F)c(F)c1C(=O)NCCCC[C@H](NC(=O)c1cncs1)c1ncc(-c2ccc3ccccc3c2)[nH]1. The van der Waals surface area contributed by atoms with E-state index in [-0.39, 0.29) is 18.1 Å². The van der Waals surface area contributed by atoms with Gasteiger partial charge in [0.2, 0.25) is 0 Å². The zero-order valence-electron chi connectivity index (χ0n) is 21.3. The molecule has 1 atom stereocenters. The van der Waals surface area contributed by atoms with Gasteiger partial charge >= 0.3 is 0 Å². The van der Waals surface area contributed by atoms with Crippen LogP contribution in [0.5, 0.6) is 0 Å². The fraction of sp³-hybridized carbons (Fsp3) is 0.172. The molecule has 11 heteroatoms. The highest BCUT2D eigenvalue weighted by Crippen LogP contribution is 2.26. The van der Waals surface area contributed by atoms with Gasteiger partial charge in [0.05, 0.1) is 29.6 Å². The van der Waals surface area contributed by atoms with Crippen molar-refractivity contribution in [3.8, 4) is 11.3 Å². The maximum atomic E-state index is 14.1. The van der Waals surface area contributed by atoms with E-state index in [9.17, 15) is 18.4 Å². The van der Waals surface area contributed by atoms with Crippen molar-refractivity contribution in [2.75, 3.05) is 12.3 Å². The average molecular weight is 561 g/mol. The summed E-state index contributed by atoms with van der Waals surface area (Å²) >= 11 is 1.24. The molecular weight excluding hydrogens is 534 g/mol. The number of fused-ring (bicyclic) bond motifs is 1. The van der Waals surface area contributed by atoms with Crippen LogP contribution in [0, 0.1) is 11.6 Å². The molecule has 0 bridgehead atoms. The van der Waals surface area contributed by atoms with Crippen LogP contribution in [0.4, 0.5) is 14.5 Å². The number of aromatic amines is 1. The number of benzene rings is 3. The Morgan fingerprint density at radius 3 is 2.62 bits per heavy atom. The Labute approximate surface area is 232 Å². The average Bonchev–Trinajstić information content (AvgIpc) is 3.67. The summed E-state index contributed by atoms with van der Waals surface area (Å²) in [6.45, 7) is 0.213. The number of carbonyl (C=O) groups excluding carboxylic acids is 2. The molecule has 0 saturated carbocycles. The van der Waals surface area contributed by atoms with Gasteiger partial charge in [-0.25, -0.2) is 13.8 Å². The number of halogens is 2. The second-order valence-electron chi connectivity index (χ2n) is 9.21. The standard InChI is InChI=1S/C29H26F2N6O2S/c30-20-10-11-21(32)25(26(20)31)29(39)34-12-4-3-7-22(37-28(38)24-15-33-16-40-24)27-35-14-23(36-27)19-9-8-17-5-1-2-6-18(17)13-19/h1-2,5-6,8-11,13-16,22H,3-4,7,12,32H2,(H,34,39)(H,35,36)(H,37,38)/t22-/m0/s1. The Morgan fingerprint density at radius 2 is 1.82 bits per heavy atom. The van der Waals surface area contributed by atoms with Gasteiger partial charge in [-0.05, 0) is 48.2 Å². The van der Waals surface area contributed by atoms with Crippen molar-refractivity contribution in [1.82, 2.24) is 25.6 Å². The lowest BCUT2D eigenvalue weighted by Crippen LogP contribution is -2.29. The van der Waals surface area contributed by atoms with Gasteiger partial charge in [-0.1, -0.05) is 36.4 Å². The summed E-state index contributed by atoms with van der Waals surface area (Å²) in [5.74, 6) is -2.86. The zero-order chi connectivity index (χ0) is 28.1. The van der Waals surface area contributed by atoms with Crippen molar-refractivity contribution in [2.45, 2.75) is 25.3 Å². The van der Waals surface area contributed by atoms with Crippen molar-refractivity contribution in [3.63, 3.8) is 0 Å². The molecule has 8 nitrogen and oxygen atoms in total. The first kappa shape index (κ1) is 26.9. The molecule has 2 amide bonds. The highest BCUT2D eigenvalue weighted by atomic mass is 32.1. The predicted octanol–water partition coefficient (Wildman–Crippen LogP) is 5.62. The van der Waals surface area contributed by atoms with Gasteiger partial charge in [-0.15, -0.1) is 11.3 Å². The van der Waals surface area contributed by atoms with Crippen molar-refractivity contribution in [1.29, 1.82) is 0 Å². The van der Waals surface area contributed by atoms with Crippen molar-refractivity contribution < 1.29 is 18.4 Å². The van der Waals surface area contributed by atoms with Crippen LogP contribution in [0.25, 0.3) is 22.0 Å². The van der Waals surface area contributed by atoms with Crippen LogP contribution >= 0.6 is 11.3 Å². The maximum absolute atomic E-state index is 14.1. The highest BCUT2D eigenvalue weighted by molar-refractivity contribution is 7.11. The number of anilines is 1. The molecule has 2 aromatic heterocycles. The number of imidazole rings is 1. The summed E-state index contributed by atoms with van der Waals surface area (Å²) < 4.78 is 27.6. The van der Waals surface area contributed by atoms with Crippen LogP contribution in [0.2, 0.25) is 0 Å². The monoisotopic (exact) mass is 560 g/mol. The summed E-state index contributed by atoms with van der Waals surface area (Å²) in [5.41, 5.74) is 8.39. The van der Waals surface area contributed by atoms with Crippen LogP contribution in [0.15, 0.2) is 72.5 Å². The molecule has 3 aromatic carbocycles. The van der Waals surface area contributed by atoms with Crippen LogP contribution in [-0.2, 0) is 0 Å². The van der Waals surface area contributed by atoms with Gasteiger partial charge < -0.3 is 21.4 Å². The Bertz CT molecular complexity index is 1650. The quantitative estimate of drug-likeness (QED) is 0.130. The van der Waals surface area contributed by atoms with E-state index in [1.807, 2.05) is 30.3 Å². The van der Waals surface area contributed by atoms with Crippen LogP contribution in [0.3, 0.4) is 0 Å². The van der Waals surface area contributed by atoms with Gasteiger partial charge in [0.15, 0.2) is 11.6 Å². The number of rotatable bonds is 10. The minimum absolute atomic E-state index is 0.137. The molecule has 0 aliphatic heterocycles. The number of amides is 2. The number of unbranched alkanes of at least 4 members (excludes halogenated alkanes) is 1. The summed E-state index contributed by atoms with van der Waals surface area (Å²) in [5, 5.41) is 7.84. The molecule has 5 N–H and O–H groups in total. The Kier molecular flexibility index (Phi) is 8.11. The van der Waals surface area contributed by atoms with Gasteiger partial charge in [0, 0.05) is 17.8 Å². The lowest BCUT2D eigenvalue weighted by molar-refractivity contribution is 0.0935. The first-order valence-corrected chi connectivity index (χ1v) is 13.5. The normalized spacial score (nSPS) is 11.8. The van der Waals surface area contributed by atoms with Crippen molar-refractivity contribution in [2.24, 2.45) is 0 Å². The minimum atomic E-state index is -1.27. The van der Waals surface area contributed by atoms with E-state index in [0.717, 1.165) is 34.2 Å². The van der Waals surface area contributed by atoms with E-state index < -0.39 is 29.1 Å². The van der Waals surface area contributed by atoms with E-state index >= 15 is 0 Å². The number of hydrogen-bond donors (Lipinski definition) is 4. The molecule has 0 radical (unpaired) electrons. The lowest BCUT2D eigenvalue weighted by atomic mass is 10.1. The fourth-order valence-electron chi connectivity index (χ4n) is 4.41. The molecule has 0 spiro atoms. The van der Waals surface area contributed by atoms with Gasteiger partial charge in [0.25, 0.3) is 11.8 Å². The first-order chi connectivity index (χ1) is 19.4. The predicted molar refractivity (Wildman–Crippen MR) is 151 cm³/mol. The Morgan fingerprint density at radius 1 is 1.00 bits per heavy atom. The lowest BCUT2D eigenvalue weighted by Gasteiger charge is -2.16. The third kappa shape index (κ3) is 5.99. The highest BCUT2D eigenvalue weighted by Gasteiger charge is 2.21. The summed E-state index contributed by atoms with van der Waals surface area (Å²) in [4.78, 5) is 37.6. The van der Waals surface area contributed by atoms with Gasteiger partial charge in [-0.2, -0.15) is 0 Å². The zero-order valence-corrected chi connectivity index (χ0v) is 22.1. The number of aromatic nitrogens is 3. The van der Waals surface area contributed by atoms with E-state index in [2.05, 4.69) is 37.7 Å². The molecule has 5 rings (SSSR count). The summed E-state index contributed by atoms with van der Waals surface area (Å²) in [6, 6.07) is 15.8. The van der Waals surface area contributed by atoms with E-state index in [1.54, 1.807) is 11.7 Å². The first-order valence-electron chi connectivity index (χ1n) is 12.7. The minimum Gasteiger partial charge on any atom is -0.398 e. The molecule has 0 fully saturated rings. The molecule has 40 heavy (non-hydrogen) atoms. The molecule has 0 unspecified atom stereocenters. The van der Waals surface area contributed by atoms with Gasteiger partial charge in [0.1, 0.15) is 16.3 Å². The van der Waals surface area contributed by atoms with Crippen LogP contribution < -0.4 is 16.4 Å². The molecule has 2 heterocycles. The Hall–Kier alpha value is -4.64. The molecule has 0 saturated heterocycles. The second kappa shape index (κ2) is 12.0. The Balaban J connectivity index is 1.25. The number of nitrogens with zero attached hydrogens (tertiary/aromatic N) is 2. The number of thiazole rings is 1. The van der Waals surface area contributed by atoms with Crippen molar-refractivity contribution in [3.05, 3.63) is 100 Å². The molecule has 0 aliphatic rings. The van der Waals surface area contributed by atoms with Gasteiger partial charge in [-0.3, -0.25) is 14.6 Å². The molecular formula is C29H26F2N6O2S. The summed E-state index contributed by atoms with van der Waals surface area (Å²) in [6.07, 6.45) is 4.88. The second-order valence-corrected chi connectivity index (χ2v) is 10.1. The molecule has 204 valence electrons. The van der Waals surface area contributed by atoms with E-state index in [1.165, 1.54) is 17.5 Å². The smallest absolute Gasteiger partial charge is 0.263 e. The number of nitrogens with two attached hydrogens (primary N) is 1. The maximum Gasteiger partial charge on any atom is 0.263 e. The topological polar surface area (TPSA) is 126 Å². The van der Waals surface area contributed by atoms with Crippen LogP contribution in [0.1, 0.15) is 51.2 Å². The third-order valence-electron chi connectivity index (χ3n) is 6.51. The van der Waals surface area contributed by atoms with E-state index in [4.69, 9.17) is 5.73 Å². The number of nitrogens with one attached hydrogen (secondary N) is 3. The number of hydrogen-bond acceptors (Lipinski definition) is 6. The number of carbonyl (C=O) groups is 2.